The third-order valence-electron chi connectivity index (χ3n) is 3.13. The van der Waals surface area contributed by atoms with Gasteiger partial charge < -0.3 is 14.6 Å². The van der Waals surface area contributed by atoms with Crippen molar-refractivity contribution in [2.24, 2.45) is 0 Å². The molecule has 1 aliphatic heterocycles. The van der Waals surface area contributed by atoms with Crippen LogP contribution >= 0.6 is 15.9 Å². The van der Waals surface area contributed by atoms with Crippen molar-refractivity contribution in [1.82, 2.24) is 25.1 Å². The number of aryl methyl sites for hydroxylation is 1. The van der Waals surface area contributed by atoms with Gasteiger partial charge >= 0.3 is 0 Å². The van der Waals surface area contributed by atoms with Crippen LogP contribution in [0.15, 0.2) is 16.7 Å². The van der Waals surface area contributed by atoms with Crippen LogP contribution in [0.25, 0.3) is 0 Å². The third kappa shape index (κ3) is 2.61. The van der Waals surface area contributed by atoms with Gasteiger partial charge in [0.1, 0.15) is 17.6 Å². The fourth-order valence-corrected chi connectivity index (χ4v) is 2.50. The van der Waals surface area contributed by atoms with Crippen molar-refractivity contribution >= 4 is 21.8 Å². The lowest BCUT2D eigenvalue weighted by molar-refractivity contribution is -0.0268. The van der Waals surface area contributed by atoms with Crippen molar-refractivity contribution in [3.63, 3.8) is 0 Å². The lowest BCUT2D eigenvalue weighted by atomic mass is 10.2. The molecule has 1 unspecified atom stereocenters. The summed E-state index contributed by atoms with van der Waals surface area (Å²) in [5.74, 6) is 1.28. The topological polar surface area (TPSA) is 86.9 Å². The van der Waals surface area contributed by atoms with Crippen molar-refractivity contribution in [3.05, 3.63) is 34.1 Å². The van der Waals surface area contributed by atoms with E-state index in [4.69, 9.17) is 4.74 Å². The molecule has 3 heterocycles. The molecule has 106 valence electrons. The van der Waals surface area contributed by atoms with Crippen LogP contribution in [0.1, 0.15) is 28.2 Å². The molecule has 0 spiro atoms. The molecule has 1 fully saturated rings. The van der Waals surface area contributed by atoms with E-state index < -0.39 is 0 Å². The number of carbonyl (C=O) groups excluding carboxylic acids is 1. The lowest BCUT2D eigenvalue weighted by Crippen LogP contribution is -2.42. The minimum atomic E-state index is -0.281. The summed E-state index contributed by atoms with van der Waals surface area (Å²) >= 11 is 3.32. The van der Waals surface area contributed by atoms with Gasteiger partial charge in [-0.05, 0) is 28.9 Å². The van der Waals surface area contributed by atoms with Gasteiger partial charge in [0.05, 0.1) is 13.2 Å². The molecule has 2 N–H and O–H groups in total. The molecule has 0 aliphatic carbocycles. The Morgan fingerprint density at radius 1 is 1.60 bits per heavy atom. The molecule has 7 nitrogen and oxygen atoms in total. The van der Waals surface area contributed by atoms with Crippen molar-refractivity contribution in [1.29, 1.82) is 0 Å². The zero-order valence-corrected chi connectivity index (χ0v) is 12.5. The number of aromatic nitrogens is 4. The Morgan fingerprint density at radius 2 is 2.45 bits per heavy atom. The van der Waals surface area contributed by atoms with Gasteiger partial charge in [-0.1, -0.05) is 0 Å². The summed E-state index contributed by atoms with van der Waals surface area (Å²) in [6.07, 6.45) is 1.46. The Morgan fingerprint density at radius 3 is 3.10 bits per heavy atom. The Bertz CT molecular complexity index is 623. The number of H-pyrrole nitrogens is 2. The smallest absolute Gasteiger partial charge is 0.270 e. The Hall–Kier alpha value is -1.67. The number of halogens is 1. The van der Waals surface area contributed by atoms with Gasteiger partial charge in [0.15, 0.2) is 5.82 Å². The van der Waals surface area contributed by atoms with Crippen LogP contribution in [-0.2, 0) is 4.74 Å². The first kappa shape index (κ1) is 13.3. The molecule has 1 amide bonds. The monoisotopic (exact) mass is 339 g/mol. The minimum Gasteiger partial charge on any atom is -0.366 e. The summed E-state index contributed by atoms with van der Waals surface area (Å²) in [6, 6.07) is 1.77. The highest BCUT2D eigenvalue weighted by atomic mass is 79.9. The Kier molecular flexibility index (Phi) is 3.58. The molecule has 1 saturated heterocycles. The fourth-order valence-electron chi connectivity index (χ4n) is 2.16. The molecule has 0 bridgehead atoms. The molecule has 20 heavy (non-hydrogen) atoms. The second-order valence-electron chi connectivity index (χ2n) is 4.62. The lowest BCUT2D eigenvalue weighted by Gasteiger charge is -2.31. The number of carbonyl (C=O) groups is 1. The molecule has 2 aromatic rings. The maximum Gasteiger partial charge on any atom is 0.270 e. The fraction of sp³-hybridized carbons (Fsp3) is 0.417. The van der Waals surface area contributed by atoms with Crippen LogP contribution in [0, 0.1) is 6.92 Å². The molecular formula is C12H14BrN5O2. The Balaban J connectivity index is 1.73. The number of hydrogen-bond donors (Lipinski definition) is 2. The second-order valence-corrected chi connectivity index (χ2v) is 5.54. The van der Waals surface area contributed by atoms with Crippen LogP contribution in [0.2, 0.25) is 0 Å². The molecule has 0 saturated carbocycles. The van der Waals surface area contributed by atoms with Gasteiger partial charge in [-0.25, -0.2) is 4.98 Å². The first-order chi connectivity index (χ1) is 9.63. The number of rotatable bonds is 2. The van der Waals surface area contributed by atoms with Crippen LogP contribution in [0.3, 0.4) is 0 Å². The molecule has 1 atom stereocenters. The molecule has 1 aliphatic rings. The number of nitrogens with one attached hydrogen (secondary N) is 2. The number of hydrogen-bond acceptors (Lipinski definition) is 4. The van der Waals surface area contributed by atoms with Gasteiger partial charge in [-0.3, -0.25) is 9.89 Å². The normalized spacial score (nSPS) is 19.3. The minimum absolute atomic E-state index is 0.0451. The van der Waals surface area contributed by atoms with E-state index in [1.807, 2.05) is 6.92 Å². The van der Waals surface area contributed by atoms with E-state index in [2.05, 4.69) is 36.1 Å². The maximum atomic E-state index is 12.4. The first-order valence-corrected chi connectivity index (χ1v) is 7.06. The molecule has 2 aromatic heterocycles. The standard InChI is InChI=1S/C12H14BrN5O2/c1-7-15-11(17-16-7)10-6-18(2-3-20-10)12(19)9-4-8(13)5-14-9/h4-5,10,14H,2-3,6H2,1H3,(H,15,16,17). The number of nitrogens with zero attached hydrogens (tertiary/aromatic N) is 3. The van der Waals surface area contributed by atoms with E-state index in [9.17, 15) is 4.79 Å². The maximum absolute atomic E-state index is 12.4. The van der Waals surface area contributed by atoms with Gasteiger partial charge in [0.25, 0.3) is 5.91 Å². The molecule has 8 heteroatoms. The zero-order chi connectivity index (χ0) is 14.1. The average molecular weight is 340 g/mol. The van der Waals surface area contributed by atoms with E-state index in [1.54, 1.807) is 17.2 Å². The number of morpholine rings is 1. The Labute approximate surface area is 123 Å². The number of ether oxygens (including phenoxy) is 1. The molecule has 0 aromatic carbocycles. The average Bonchev–Trinajstić information content (AvgIpc) is 3.07. The zero-order valence-electron chi connectivity index (χ0n) is 10.9. The number of aromatic amines is 2. The molecular weight excluding hydrogens is 326 g/mol. The van der Waals surface area contributed by atoms with E-state index >= 15 is 0 Å². The van der Waals surface area contributed by atoms with Crippen molar-refractivity contribution in [3.8, 4) is 0 Å². The summed E-state index contributed by atoms with van der Waals surface area (Å²) in [4.78, 5) is 21.3. The predicted octanol–water partition coefficient (Wildman–Crippen LogP) is 1.42. The van der Waals surface area contributed by atoms with E-state index in [1.165, 1.54) is 0 Å². The van der Waals surface area contributed by atoms with Crippen molar-refractivity contribution in [2.75, 3.05) is 19.7 Å². The summed E-state index contributed by atoms with van der Waals surface area (Å²) in [6.45, 7) is 3.33. The molecule has 3 rings (SSSR count). The van der Waals surface area contributed by atoms with Crippen molar-refractivity contribution in [2.45, 2.75) is 13.0 Å². The highest BCUT2D eigenvalue weighted by Gasteiger charge is 2.28. The van der Waals surface area contributed by atoms with Gasteiger partial charge in [0.2, 0.25) is 0 Å². The molecule has 0 radical (unpaired) electrons. The van der Waals surface area contributed by atoms with E-state index in [0.717, 1.165) is 10.3 Å². The quantitative estimate of drug-likeness (QED) is 0.866. The second kappa shape index (κ2) is 5.37. The summed E-state index contributed by atoms with van der Waals surface area (Å²) in [5.41, 5.74) is 0.559. The van der Waals surface area contributed by atoms with E-state index in [0.29, 0.717) is 31.2 Å². The predicted molar refractivity (Wildman–Crippen MR) is 74.2 cm³/mol. The van der Waals surface area contributed by atoms with Crippen molar-refractivity contribution < 1.29 is 9.53 Å². The highest BCUT2D eigenvalue weighted by molar-refractivity contribution is 9.10. The van der Waals surface area contributed by atoms with Crippen LogP contribution in [0.4, 0.5) is 0 Å². The first-order valence-electron chi connectivity index (χ1n) is 6.27. The van der Waals surface area contributed by atoms with Crippen LogP contribution in [-0.4, -0.2) is 50.7 Å². The number of amides is 1. The van der Waals surface area contributed by atoms with Crippen LogP contribution in [0.5, 0.6) is 0 Å². The SMILES string of the molecule is Cc1nc(C2CN(C(=O)c3cc(Br)c[nH]3)CCO2)n[nH]1. The highest BCUT2D eigenvalue weighted by Crippen LogP contribution is 2.21. The van der Waals surface area contributed by atoms with Crippen LogP contribution < -0.4 is 0 Å². The van der Waals surface area contributed by atoms with E-state index in [-0.39, 0.29) is 12.0 Å². The summed E-state index contributed by atoms with van der Waals surface area (Å²) < 4.78 is 6.50. The largest absolute Gasteiger partial charge is 0.366 e. The van der Waals surface area contributed by atoms with Gasteiger partial charge in [-0.2, -0.15) is 5.10 Å². The van der Waals surface area contributed by atoms with Gasteiger partial charge in [-0.15, -0.1) is 0 Å². The third-order valence-corrected chi connectivity index (χ3v) is 3.59. The summed E-state index contributed by atoms with van der Waals surface area (Å²) in [5, 5.41) is 6.88. The van der Waals surface area contributed by atoms with Gasteiger partial charge in [0, 0.05) is 17.2 Å². The summed E-state index contributed by atoms with van der Waals surface area (Å²) in [7, 11) is 0.